The molecule has 0 aromatic heterocycles. The molecule has 17 heavy (non-hydrogen) atoms. The SMILES string of the molecule is CC(=O)c1ccc(C(O)C(O)CCBr)cc1Cl. The van der Waals surface area contributed by atoms with Crippen LogP contribution < -0.4 is 0 Å². The van der Waals surface area contributed by atoms with E-state index in [0.29, 0.717) is 27.9 Å². The molecule has 1 aromatic rings. The van der Waals surface area contributed by atoms with E-state index in [1.54, 1.807) is 12.1 Å². The molecule has 2 unspecified atom stereocenters. The Morgan fingerprint density at radius 2 is 2.12 bits per heavy atom. The van der Waals surface area contributed by atoms with Crippen LogP contribution in [0.5, 0.6) is 0 Å². The molecule has 3 nitrogen and oxygen atoms in total. The molecule has 0 spiro atoms. The molecule has 0 amide bonds. The van der Waals surface area contributed by atoms with E-state index < -0.39 is 12.2 Å². The molecule has 2 atom stereocenters. The fourth-order valence-corrected chi connectivity index (χ4v) is 2.28. The second kappa shape index (κ2) is 6.50. The van der Waals surface area contributed by atoms with E-state index in [9.17, 15) is 15.0 Å². The lowest BCUT2D eigenvalue weighted by Crippen LogP contribution is -2.18. The Morgan fingerprint density at radius 1 is 1.47 bits per heavy atom. The van der Waals surface area contributed by atoms with Crippen molar-refractivity contribution in [3.63, 3.8) is 0 Å². The van der Waals surface area contributed by atoms with Gasteiger partial charge in [0, 0.05) is 10.9 Å². The number of rotatable bonds is 5. The molecule has 0 saturated heterocycles. The molecule has 94 valence electrons. The standard InChI is InChI=1S/C12H14BrClO3/c1-7(15)9-3-2-8(6-10(9)14)12(17)11(16)4-5-13/h2-3,6,11-12,16-17H,4-5H2,1H3. The molecular weight excluding hydrogens is 307 g/mol. The van der Waals surface area contributed by atoms with E-state index in [1.807, 2.05) is 0 Å². The van der Waals surface area contributed by atoms with Crippen molar-refractivity contribution in [1.29, 1.82) is 0 Å². The van der Waals surface area contributed by atoms with Gasteiger partial charge >= 0.3 is 0 Å². The maximum atomic E-state index is 11.2. The summed E-state index contributed by atoms with van der Waals surface area (Å²) in [5.41, 5.74) is 0.922. The van der Waals surface area contributed by atoms with E-state index in [4.69, 9.17) is 11.6 Å². The first-order valence-corrected chi connectivity index (χ1v) is 6.69. The average molecular weight is 322 g/mol. The van der Waals surface area contributed by atoms with E-state index in [0.717, 1.165) is 0 Å². The minimum absolute atomic E-state index is 0.128. The second-order valence-corrected chi connectivity index (χ2v) is 4.99. The molecule has 0 aliphatic carbocycles. The van der Waals surface area contributed by atoms with Gasteiger partial charge in [-0.2, -0.15) is 0 Å². The number of carbonyl (C=O) groups is 1. The Morgan fingerprint density at radius 3 is 2.59 bits per heavy atom. The predicted octanol–water partition coefficient (Wildman–Crippen LogP) is 2.72. The lowest BCUT2D eigenvalue weighted by molar-refractivity contribution is 0.0173. The van der Waals surface area contributed by atoms with Crippen LogP contribution in [-0.2, 0) is 0 Å². The molecule has 0 bridgehead atoms. The van der Waals surface area contributed by atoms with Crippen LogP contribution in [-0.4, -0.2) is 27.4 Å². The first-order valence-electron chi connectivity index (χ1n) is 5.20. The fraction of sp³-hybridized carbons (Fsp3) is 0.417. The van der Waals surface area contributed by atoms with Crippen LogP contribution in [0.15, 0.2) is 18.2 Å². The molecule has 5 heteroatoms. The number of benzene rings is 1. The van der Waals surface area contributed by atoms with Crippen LogP contribution in [0.2, 0.25) is 5.02 Å². The zero-order chi connectivity index (χ0) is 13.0. The second-order valence-electron chi connectivity index (χ2n) is 3.79. The number of aliphatic hydroxyl groups excluding tert-OH is 2. The monoisotopic (exact) mass is 320 g/mol. The highest BCUT2D eigenvalue weighted by molar-refractivity contribution is 9.09. The van der Waals surface area contributed by atoms with Crippen LogP contribution in [0.4, 0.5) is 0 Å². The summed E-state index contributed by atoms with van der Waals surface area (Å²) in [7, 11) is 0. The smallest absolute Gasteiger partial charge is 0.161 e. The summed E-state index contributed by atoms with van der Waals surface area (Å²) in [6, 6.07) is 4.68. The molecule has 0 fully saturated rings. The summed E-state index contributed by atoms with van der Waals surface area (Å²) >= 11 is 9.12. The topological polar surface area (TPSA) is 57.5 Å². The lowest BCUT2D eigenvalue weighted by atomic mass is 10.0. The van der Waals surface area contributed by atoms with Gasteiger partial charge in [-0.1, -0.05) is 33.6 Å². The quantitative estimate of drug-likeness (QED) is 0.647. The minimum atomic E-state index is -0.994. The van der Waals surface area contributed by atoms with E-state index in [1.165, 1.54) is 13.0 Å². The third-order valence-electron chi connectivity index (χ3n) is 2.48. The third kappa shape index (κ3) is 3.78. The van der Waals surface area contributed by atoms with Crippen LogP contribution in [0.1, 0.15) is 35.4 Å². The highest BCUT2D eigenvalue weighted by Crippen LogP contribution is 2.25. The zero-order valence-electron chi connectivity index (χ0n) is 9.36. The lowest BCUT2D eigenvalue weighted by Gasteiger charge is -2.17. The summed E-state index contributed by atoms with van der Waals surface area (Å²) in [5.74, 6) is -0.128. The summed E-state index contributed by atoms with van der Waals surface area (Å²) < 4.78 is 0. The van der Waals surface area contributed by atoms with Gasteiger partial charge in [-0.3, -0.25) is 4.79 Å². The van der Waals surface area contributed by atoms with Crippen LogP contribution >= 0.6 is 27.5 Å². The maximum absolute atomic E-state index is 11.2. The number of hydrogen-bond donors (Lipinski definition) is 2. The van der Waals surface area contributed by atoms with Crippen molar-refractivity contribution in [3.05, 3.63) is 34.3 Å². The number of Topliss-reactive ketones (excluding diaryl/α,β-unsaturated/α-hetero) is 1. The maximum Gasteiger partial charge on any atom is 0.161 e. The first kappa shape index (κ1) is 14.6. The highest BCUT2D eigenvalue weighted by atomic mass is 79.9. The number of aliphatic hydroxyl groups is 2. The largest absolute Gasteiger partial charge is 0.390 e. The van der Waals surface area contributed by atoms with Crippen molar-refractivity contribution in [3.8, 4) is 0 Å². The van der Waals surface area contributed by atoms with Crippen molar-refractivity contribution in [2.24, 2.45) is 0 Å². The van der Waals surface area contributed by atoms with Crippen LogP contribution in [0.3, 0.4) is 0 Å². The summed E-state index contributed by atoms with van der Waals surface area (Å²) in [5, 5.41) is 20.4. The molecule has 1 aromatic carbocycles. The number of ketones is 1. The van der Waals surface area contributed by atoms with Crippen molar-refractivity contribution < 1.29 is 15.0 Å². The van der Waals surface area contributed by atoms with Crippen molar-refractivity contribution in [2.45, 2.75) is 25.6 Å². The third-order valence-corrected chi connectivity index (χ3v) is 3.25. The molecular formula is C12H14BrClO3. The Hall–Kier alpha value is -0.420. The van der Waals surface area contributed by atoms with Crippen molar-refractivity contribution in [2.75, 3.05) is 5.33 Å². The predicted molar refractivity (Wildman–Crippen MR) is 70.8 cm³/mol. The average Bonchev–Trinajstić information content (AvgIpc) is 2.27. The van der Waals surface area contributed by atoms with Gasteiger partial charge < -0.3 is 10.2 Å². The molecule has 0 aliphatic heterocycles. The van der Waals surface area contributed by atoms with Gasteiger partial charge in [-0.05, 0) is 31.0 Å². The summed E-state index contributed by atoms with van der Waals surface area (Å²) in [6.07, 6.45) is -1.41. The van der Waals surface area contributed by atoms with E-state index in [2.05, 4.69) is 15.9 Å². The van der Waals surface area contributed by atoms with Crippen LogP contribution in [0.25, 0.3) is 0 Å². The van der Waals surface area contributed by atoms with Gasteiger partial charge in [0.1, 0.15) is 6.10 Å². The zero-order valence-corrected chi connectivity index (χ0v) is 11.7. The van der Waals surface area contributed by atoms with Gasteiger partial charge in [-0.15, -0.1) is 0 Å². The van der Waals surface area contributed by atoms with Crippen LogP contribution in [0, 0.1) is 0 Å². The molecule has 0 saturated carbocycles. The number of hydrogen-bond acceptors (Lipinski definition) is 3. The van der Waals surface area contributed by atoms with E-state index >= 15 is 0 Å². The number of halogens is 2. The van der Waals surface area contributed by atoms with E-state index in [-0.39, 0.29) is 5.78 Å². The molecule has 0 aliphatic rings. The summed E-state index contributed by atoms with van der Waals surface area (Å²) in [6.45, 7) is 1.43. The molecule has 0 heterocycles. The van der Waals surface area contributed by atoms with Gasteiger partial charge in [0.15, 0.2) is 5.78 Å². The Bertz CT molecular complexity index is 409. The first-order chi connectivity index (χ1) is 7.97. The number of carbonyl (C=O) groups excluding carboxylic acids is 1. The van der Waals surface area contributed by atoms with Gasteiger partial charge in [0.05, 0.1) is 11.1 Å². The van der Waals surface area contributed by atoms with Gasteiger partial charge in [-0.25, -0.2) is 0 Å². The molecule has 2 N–H and O–H groups in total. The Balaban J connectivity index is 2.93. The fourth-order valence-electron chi connectivity index (χ4n) is 1.49. The minimum Gasteiger partial charge on any atom is -0.390 e. The summed E-state index contributed by atoms with van der Waals surface area (Å²) in [4.78, 5) is 11.2. The Kier molecular flexibility index (Phi) is 5.59. The number of alkyl halides is 1. The normalized spacial score (nSPS) is 14.4. The van der Waals surface area contributed by atoms with Gasteiger partial charge in [0.25, 0.3) is 0 Å². The highest BCUT2D eigenvalue weighted by Gasteiger charge is 2.19. The molecule has 0 radical (unpaired) electrons. The van der Waals surface area contributed by atoms with Crippen molar-refractivity contribution in [1.82, 2.24) is 0 Å². The Labute approximate surface area is 114 Å². The van der Waals surface area contributed by atoms with Crippen molar-refractivity contribution >= 4 is 33.3 Å². The molecule has 1 rings (SSSR count). The van der Waals surface area contributed by atoms with Gasteiger partial charge in [0.2, 0.25) is 0 Å².